The minimum Gasteiger partial charge on any atom is -0.355 e. The van der Waals surface area contributed by atoms with Crippen molar-refractivity contribution in [2.75, 3.05) is 5.32 Å². The molecule has 0 unspecified atom stereocenters. The summed E-state index contributed by atoms with van der Waals surface area (Å²) in [5, 5.41) is 3.74. The molecule has 0 saturated carbocycles. The van der Waals surface area contributed by atoms with Crippen LogP contribution in [0.1, 0.15) is 25.0 Å². The van der Waals surface area contributed by atoms with Crippen LogP contribution < -0.4 is 5.32 Å². The zero-order valence-electron chi connectivity index (χ0n) is 19.5. The number of nitrogens with one attached hydrogen (secondary N) is 1. The van der Waals surface area contributed by atoms with Gasteiger partial charge in [0.1, 0.15) is 0 Å². The normalized spacial score (nSPS) is 13.2. The highest BCUT2D eigenvalue weighted by atomic mass is 14.9. The van der Waals surface area contributed by atoms with Gasteiger partial charge in [-0.2, -0.15) is 0 Å². The van der Waals surface area contributed by atoms with Crippen molar-refractivity contribution in [2.24, 2.45) is 0 Å². The van der Waals surface area contributed by atoms with E-state index in [1.165, 1.54) is 44.5 Å². The van der Waals surface area contributed by atoms with E-state index in [0.29, 0.717) is 0 Å². The van der Waals surface area contributed by atoms with E-state index in [0.717, 1.165) is 11.4 Å². The van der Waals surface area contributed by atoms with Gasteiger partial charge in [0.15, 0.2) is 0 Å². The van der Waals surface area contributed by atoms with Crippen molar-refractivity contribution in [1.29, 1.82) is 0 Å². The summed E-state index contributed by atoms with van der Waals surface area (Å²) in [6.45, 7) is 4.67. The third-order valence-corrected chi connectivity index (χ3v) is 7.08. The summed E-state index contributed by atoms with van der Waals surface area (Å²) in [5.74, 6) is 0. The molecule has 5 aromatic carbocycles. The van der Waals surface area contributed by atoms with Crippen molar-refractivity contribution < 1.29 is 0 Å². The Morgan fingerprint density at radius 2 is 1.06 bits per heavy atom. The maximum Gasteiger partial charge on any atom is 0.0470 e. The second-order valence-corrected chi connectivity index (χ2v) is 9.55. The topological polar surface area (TPSA) is 12.0 Å². The Hall–Kier alpha value is -4.10. The molecule has 0 aromatic heterocycles. The number of anilines is 2. The molecule has 1 N–H and O–H groups in total. The first kappa shape index (κ1) is 20.5. The minimum atomic E-state index is -0.0225. The molecule has 34 heavy (non-hydrogen) atoms. The maximum absolute atomic E-state index is 3.74. The van der Waals surface area contributed by atoms with Crippen LogP contribution >= 0.6 is 0 Å². The smallest absolute Gasteiger partial charge is 0.0470 e. The molecule has 0 saturated heterocycles. The molecule has 0 bridgehead atoms. The van der Waals surface area contributed by atoms with Crippen LogP contribution in [-0.4, -0.2) is 0 Å². The largest absolute Gasteiger partial charge is 0.355 e. The maximum atomic E-state index is 3.74. The van der Waals surface area contributed by atoms with E-state index in [1.54, 1.807) is 0 Å². The van der Waals surface area contributed by atoms with Gasteiger partial charge in [0.25, 0.3) is 0 Å². The molecule has 0 atom stereocenters. The predicted molar refractivity (Wildman–Crippen MR) is 145 cm³/mol. The van der Waals surface area contributed by atoms with E-state index < -0.39 is 0 Å². The third kappa shape index (κ3) is 3.41. The fraction of sp³-hybridized carbons (Fsp3) is 0.0909. The van der Waals surface area contributed by atoms with Gasteiger partial charge in [-0.3, -0.25) is 0 Å². The van der Waals surface area contributed by atoms with E-state index in [-0.39, 0.29) is 5.41 Å². The van der Waals surface area contributed by atoms with Gasteiger partial charge >= 0.3 is 0 Å². The zero-order chi connectivity index (χ0) is 23.1. The van der Waals surface area contributed by atoms with Gasteiger partial charge in [0, 0.05) is 22.4 Å². The first-order chi connectivity index (χ1) is 16.6. The molecule has 1 heteroatoms. The minimum absolute atomic E-state index is 0.0225. The Bertz CT molecular complexity index is 1460. The van der Waals surface area contributed by atoms with E-state index in [9.17, 15) is 0 Å². The number of benzene rings is 5. The van der Waals surface area contributed by atoms with E-state index in [2.05, 4.69) is 140 Å². The molecule has 1 nitrogen and oxygen atoms in total. The van der Waals surface area contributed by atoms with Crippen LogP contribution in [0.3, 0.4) is 0 Å². The highest BCUT2D eigenvalue weighted by Crippen LogP contribution is 2.51. The van der Waals surface area contributed by atoms with Gasteiger partial charge in [-0.05, 0) is 63.2 Å². The monoisotopic (exact) mass is 437 g/mol. The summed E-state index contributed by atoms with van der Waals surface area (Å²) >= 11 is 0. The first-order valence-corrected chi connectivity index (χ1v) is 11.9. The highest BCUT2D eigenvalue weighted by molar-refractivity contribution is 5.91. The Morgan fingerprint density at radius 3 is 1.76 bits per heavy atom. The van der Waals surface area contributed by atoms with Crippen molar-refractivity contribution >= 4 is 11.4 Å². The Morgan fingerprint density at radius 1 is 0.471 bits per heavy atom. The van der Waals surface area contributed by atoms with Gasteiger partial charge in [-0.25, -0.2) is 0 Å². The molecule has 0 fully saturated rings. The number of hydrogen-bond acceptors (Lipinski definition) is 1. The Labute approximate surface area is 201 Å². The third-order valence-electron chi connectivity index (χ3n) is 7.08. The molecule has 1 aliphatic rings. The number of hydrogen-bond donors (Lipinski definition) is 1. The molecular weight excluding hydrogens is 410 g/mol. The van der Waals surface area contributed by atoms with Gasteiger partial charge in [0.05, 0.1) is 0 Å². The SMILES string of the molecule is CC1(C)c2ccccc2-c2cc(Nc3ccc(-c4ccccc4)cc3)c(-c3ccccc3)cc21. The standard InChI is InChI=1S/C33H27N/c1-33(2)30-16-10-9-15-27(30)29-22-32(28(21-31(29)33)25-13-7-4-8-14-25)34-26-19-17-24(18-20-26)23-11-5-3-6-12-23/h3-22,34H,1-2H3. The van der Waals surface area contributed by atoms with Crippen molar-refractivity contribution in [3.05, 3.63) is 132 Å². The van der Waals surface area contributed by atoms with E-state index in [4.69, 9.17) is 0 Å². The zero-order valence-corrected chi connectivity index (χ0v) is 19.5. The first-order valence-electron chi connectivity index (χ1n) is 11.9. The highest BCUT2D eigenvalue weighted by Gasteiger charge is 2.36. The average molecular weight is 438 g/mol. The predicted octanol–water partition coefficient (Wildman–Crippen LogP) is 9.07. The van der Waals surface area contributed by atoms with Crippen molar-refractivity contribution in [3.8, 4) is 33.4 Å². The van der Waals surface area contributed by atoms with Gasteiger partial charge in [-0.15, -0.1) is 0 Å². The van der Waals surface area contributed by atoms with Gasteiger partial charge in [-0.1, -0.05) is 111 Å². The summed E-state index contributed by atoms with van der Waals surface area (Å²) in [7, 11) is 0. The second kappa shape index (κ2) is 8.04. The van der Waals surface area contributed by atoms with Crippen LogP contribution in [0.25, 0.3) is 33.4 Å². The lowest BCUT2D eigenvalue weighted by Crippen LogP contribution is -2.15. The molecule has 5 aromatic rings. The van der Waals surface area contributed by atoms with Crippen LogP contribution in [0.2, 0.25) is 0 Å². The van der Waals surface area contributed by atoms with E-state index >= 15 is 0 Å². The number of rotatable bonds is 4. The lowest BCUT2D eigenvalue weighted by atomic mass is 9.81. The molecule has 0 radical (unpaired) electrons. The van der Waals surface area contributed by atoms with Gasteiger partial charge < -0.3 is 5.32 Å². The summed E-state index contributed by atoms with van der Waals surface area (Å²) < 4.78 is 0. The lowest BCUT2D eigenvalue weighted by Gasteiger charge is -2.23. The Kier molecular flexibility index (Phi) is 4.85. The number of fused-ring (bicyclic) bond motifs is 3. The average Bonchev–Trinajstić information content (AvgIpc) is 3.11. The molecule has 164 valence electrons. The molecular formula is C33H27N. The molecule has 0 aliphatic heterocycles. The van der Waals surface area contributed by atoms with Crippen LogP contribution in [0.15, 0.2) is 121 Å². The van der Waals surface area contributed by atoms with Gasteiger partial charge in [0.2, 0.25) is 0 Å². The summed E-state index contributed by atoms with van der Waals surface area (Å²) in [6, 6.07) is 43.5. The molecule has 1 aliphatic carbocycles. The fourth-order valence-electron chi connectivity index (χ4n) is 5.24. The lowest BCUT2D eigenvalue weighted by molar-refractivity contribution is 0.660. The Balaban J connectivity index is 1.46. The molecule has 0 spiro atoms. The summed E-state index contributed by atoms with van der Waals surface area (Å²) in [5.41, 5.74) is 12.5. The van der Waals surface area contributed by atoms with Crippen molar-refractivity contribution in [2.45, 2.75) is 19.3 Å². The molecule has 0 heterocycles. The van der Waals surface area contributed by atoms with Crippen molar-refractivity contribution in [3.63, 3.8) is 0 Å². The van der Waals surface area contributed by atoms with Crippen molar-refractivity contribution in [1.82, 2.24) is 0 Å². The fourth-order valence-corrected chi connectivity index (χ4v) is 5.24. The van der Waals surface area contributed by atoms with Crippen LogP contribution in [-0.2, 0) is 5.41 Å². The van der Waals surface area contributed by atoms with Crippen LogP contribution in [0.4, 0.5) is 11.4 Å². The quantitative estimate of drug-likeness (QED) is 0.296. The second-order valence-electron chi connectivity index (χ2n) is 9.55. The van der Waals surface area contributed by atoms with Crippen LogP contribution in [0.5, 0.6) is 0 Å². The summed E-state index contributed by atoms with van der Waals surface area (Å²) in [4.78, 5) is 0. The van der Waals surface area contributed by atoms with E-state index in [1.807, 2.05) is 0 Å². The van der Waals surface area contributed by atoms with Crippen LogP contribution in [0, 0.1) is 0 Å². The summed E-state index contributed by atoms with van der Waals surface area (Å²) in [6.07, 6.45) is 0. The molecule has 6 rings (SSSR count). The molecule has 0 amide bonds.